The predicted octanol–water partition coefficient (Wildman–Crippen LogP) is 3.59. The number of rotatable bonds is 2. The molecule has 0 spiro atoms. The van der Waals surface area contributed by atoms with E-state index in [4.69, 9.17) is 6.42 Å². The van der Waals surface area contributed by atoms with Crippen molar-refractivity contribution in [3.05, 3.63) is 40.5 Å². The van der Waals surface area contributed by atoms with E-state index >= 15 is 0 Å². The largest absolute Gasteiger partial charge is 0.370 e. The number of terminal acetylenes is 1. The first-order valence-corrected chi connectivity index (χ1v) is 8.35. The van der Waals surface area contributed by atoms with Gasteiger partial charge in [-0.2, -0.15) is 0 Å². The predicted molar refractivity (Wildman–Crippen MR) is 90.3 cm³/mol. The molecule has 1 saturated heterocycles. The molecule has 2 aliphatic rings. The number of ketones is 1. The van der Waals surface area contributed by atoms with E-state index in [-0.39, 0.29) is 5.78 Å². The Balaban J connectivity index is 2.13. The van der Waals surface area contributed by atoms with E-state index in [1.54, 1.807) is 0 Å². The second-order valence-corrected chi connectivity index (χ2v) is 6.21. The van der Waals surface area contributed by atoms with Crippen molar-refractivity contribution in [3.63, 3.8) is 0 Å². The Morgan fingerprint density at radius 3 is 2.55 bits per heavy atom. The molecular weight excluding hydrogens is 270 g/mol. The fourth-order valence-corrected chi connectivity index (χ4v) is 3.52. The number of likely N-dealkylation sites (tertiary alicyclic amines) is 1. The van der Waals surface area contributed by atoms with Crippen molar-refractivity contribution < 1.29 is 4.79 Å². The van der Waals surface area contributed by atoms with Gasteiger partial charge in [-0.05, 0) is 36.5 Å². The number of allylic oxidation sites excluding steroid dienone is 1. The van der Waals surface area contributed by atoms with Crippen molar-refractivity contribution in [2.75, 3.05) is 13.1 Å². The average molecular weight is 293 g/mol. The molecular formula is C20H23NO. The van der Waals surface area contributed by atoms with Gasteiger partial charge in [-0.25, -0.2) is 0 Å². The normalized spacial score (nSPS) is 18.7. The van der Waals surface area contributed by atoms with Crippen LogP contribution in [0.25, 0.3) is 5.70 Å². The Morgan fingerprint density at radius 1 is 1.18 bits per heavy atom. The van der Waals surface area contributed by atoms with Gasteiger partial charge in [-0.15, -0.1) is 6.42 Å². The van der Waals surface area contributed by atoms with Gasteiger partial charge in [0.05, 0.1) is 11.3 Å². The van der Waals surface area contributed by atoms with Crippen LogP contribution in [0.2, 0.25) is 0 Å². The third kappa shape index (κ3) is 2.68. The first kappa shape index (κ1) is 14.9. The van der Waals surface area contributed by atoms with Crippen molar-refractivity contribution in [1.82, 2.24) is 4.90 Å². The molecule has 1 aliphatic carbocycles. The van der Waals surface area contributed by atoms with Crippen LogP contribution in [-0.2, 0) is 17.6 Å². The maximum Gasteiger partial charge on any atom is 0.177 e. The summed E-state index contributed by atoms with van der Waals surface area (Å²) in [5.41, 5.74) is 5.22. The third-order valence-electron chi connectivity index (χ3n) is 4.77. The van der Waals surface area contributed by atoms with Crippen molar-refractivity contribution in [3.8, 4) is 12.3 Å². The molecule has 0 N–H and O–H groups in total. The summed E-state index contributed by atoms with van der Waals surface area (Å²) < 4.78 is 0. The Bertz CT molecular complexity index is 655. The molecule has 114 valence electrons. The van der Waals surface area contributed by atoms with Gasteiger partial charge >= 0.3 is 0 Å². The quantitative estimate of drug-likeness (QED) is 0.777. The molecule has 0 amide bonds. The molecule has 1 aliphatic heterocycles. The summed E-state index contributed by atoms with van der Waals surface area (Å²) in [7, 11) is 0. The number of nitrogens with zero attached hydrogens (tertiary/aromatic N) is 1. The highest BCUT2D eigenvalue weighted by Gasteiger charge is 2.28. The molecule has 0 unspecified atom stereocenters. The van der Waals surface area contributed by atoms with Crippen LogP contribution in [0.1, 0.15) is 49.3 Å². The second kappa shape index (κ2) is 6.40. The van der Waals surface area contributed by atoms with Gasteiger partial charge in [-0.1, -0.05) is 37.8 Å². The molecule has 1 heterocycles. The minimum atomic E-state index is 0.0958. The van der Waals surface area contributed by atoms with Gasteiger partial charge in [0.2, 0.25) is 0 Å². The maximum absolute atomic E-state index is 12.5. The van der Waals surface area contributed by atoms with Crippen molar-refractivity contribution >= 4 is 11.5 Å². The summed E-state index contributed by atoms with van der Waals surface area (Å²) in [4.78, 5) is 14.8. The van der Waals surface area contributed by atoms with Crippen LogP contribution in [-0.4, -0.2) is 23.8 Å². The number of fused-ring (bicyclic) bond motifs is 1. The molecule has 0 radical (unpaired) electrons. The van der Waals surface area contributed by atoms with Gasteiger partial charge < -0.3 is 4.90 Å². The first-order chi connectivity index (χ1) is 10.7. The molecule has 1 fully saturated rings. The minimum absolute atomic E-state index is 0.0958. The summed E-state index contributed by atoms with van der Waals surface area (Å²) in [6, 6.07) is 6.48. The Labute approximate surface area is 133 Å². The monoisotopic (exact) mass is 293 g/mol. The number of aryl methyl sites for hydroxylation is 1. The molecule has 2 heteroatoms. The van der Waals surface area contributed by atoms with Gasteiger partial charge in [-0.3, -0.25) is 4.79 Å². The van der Waals surface area contributed by atoms with Gasteiger partial charge in [0.25, 0.3) is 0 Å². The fraction of sp³-hybridized carbons (Fsp3) is 0.450. The van der Waals surface area contributed by atoms with Crippen LogP contribution >= 0.6 is 0 Å². The van der Waals surface area contributed by atoms with E-state index in [0.717, 1.165) is 30.8 Å². The lowest BCUT2D eigenvalue weighted by Gasteiger charge is -2.31. The van der Waals surface area contributed by atoms with Crippen LogP contribution in [0.15, 0.2) is 23.8 Å². The highest BCUT2D eigenvalue weighted by Crippen LogP contribution is 2.34. The standard InChI is InChI=1S/C20H23NO/c1-3-15-9-10-16-14-19(22)17(4-2)20(18(16)13-15)21-11-7-5-6-8-12-21/h2,9-10,13H,3,5-8,11-12,14H2,1H3. The lowest BCUT2D eigenvalue weighted by molar-refractivity contribution is -0.114. The smallest absolute Gasteiger partial charge is 0.177 e. The maximum atomic E-state index is 12.5. The van der Waals surface area contributed by atoms with Crippen molar-refractivity contribution in [2.45, 2.75) is 45.4 Å². The molecule has 0 bridgehead atoms. The third-order valence-corrected chi connectivity index (χ3v) is 4.77. The van der Waals surface area contributed by atoms with Gasteiger partial charge in [0, 0.05) is 25.1 Å². The average Bonchev–Trinajstić information content (AvgIpc) is 2.82. The summed E-state index contributed by atoms with van der Waals surface area (Å²) in [5.74, 6) is 2.78. The SMILES string of the molecule is C#CC1=C(N2CCCCCC2)c2cc(CC)ccc2CC1=O. The van der Waals surface area contributed by atoms with Crippen LogP contribution in [0.5, 0.6) is 0 Å². The highest BCUT2D eigenvalue weighted by molar-refractivity contribution is 6.10. The fourth-order valence-electron chi connectivity index (χ4n) is 3.52. The first-order valence-electron chi connectivity index (χ1n) is 8.35. The van der Waals surface area contributed by atoms with E-state index < -0.39 is 0 Å². The van der Waals surface area contributed by atoms with E-state index in [1.807, 2.05) is 0 Å². The summed E-state index contributed by atoms with van der Waals surface area (Å²) in [6.07, 6.45) is 12.0. The summed E-state index contributed by atoms with van der Waals surface area (Å²) >= 11 is 0. The molecule has 22 heavy (non-hydrogen) atoms. The molecule has 1 aromatic carbocycles. The molecule has 0 aromatic heterocycles. The molecule has 3 rings (SSSR count). The van der Waals surface area contributed by atoms with Crippen molar-refractivity contribution in [2.24, 2.45) is 0 Å². The van der Waals surface area contributed by atoms with E-state index in [9.17, 15) is 4.79 Å². The molecule has 1 aromatic rings. The van der Waals surface area contributed by atoms with Crippen LogP contribution < -0.4 is 0 Å². The Morgan fingerprint density at radius 2 is 1.91 bits per heavy atom. The number of hydrogen-bond acceptors (Lipinski definition) is 2. The Hall–Kier alpha value is -2.01. The summed E-state index contributed by atoms with van der Waals surface area (Å²) in [5, 5.41) is 0. The number of hydrogen-bond donors (Lipinski definition) is 0. The lowest BCUT2D eigenvalue weighted by Crippen LogP contribution is -2.29. The van der Waals surface area contributed by atoms with Gasteiger partial charge in [0.15, 0.2) is 5.78 Å². The van der Waals surface area contributed by atoms with Crippen LogP contribution in [0, 0.1) is 12.3 Å². The molecule has 0 atom stereocenters. The van der Waals surface area contributed by atoms with Crippen LogP contribution in [0.4, 0.5) is 0 Å². The van der Waals surface area contributed by atoms with Gasteiger partial charge in [0.1, 0.15) is 0 Å². The van der Waals surface area contributed by atoms with E-state index in [0.29, 0.717) is 12.0 Å². The number of Topliss-reactive ketones (excluding diaryl/α,β-unsaturated/α-hetero) is 1. The topological polar surface area (TPSA) is 20.3 Å². The second-order valence-electron chi connectivity index (χ2n) is 6.21. The molecule has 0 saturated carbocycles. The highest BCUT2D eigenvalue weighted by atomic mass is 16.1. The number of carbonyl (C=O) groups is 1. The Kier molecular flexibility index (Phi) is 4.34. The van der Waals surface area contributed by atoms with E-state index in [1.165, 1.54) is 36.8 Å². The zero-order chi connectivity index (χ0) is 15.5. The summed E-state index contributed by atoms with van der Waals surface area (Å²) in [6.45, 7) is 4.17. The zero-order valence-corrected chi connectivity index (χ0v) is 13.3. The minimum Gasteiger partial charge on any atom is -0.370 e. The van der Waals surface area contributed by atoms with Crippen molar-refractivity contribution in [1.29, 1.82) is 0 Å². The zero-order valence-electron chi connectivity index (χ0n) is 13.3. The van der Waals surface area contributed by atoms with Crippen LogP contribution in [0.3, 0.4) is 0 Å². The van der Waals surface area contributed by atoms with E-state index in [2.05, 4.69) is 35.9 Å². The number of carbonyl (C=O) groups excluding carboxylic acids is 1. The molecule has 2 nitrogen and oxygen atoms in total. The number of benzene rings is 1. The lowest BCUT2D eigenvalue weighted by atomic mass is 9.86.